The highest BCUT2D eigenvalue weighted by Gasteiger charge is 2.11. The minimum atomic E-state index is -0.0338. The van der Waals surface area contributed by atoms with Crippen molar-refractivity contribution < 1.29 is 4.79 Å². The van der Waals surface area contributed by atoms with Crippen LogP contribution in [0.1, 0.15) is 25.0 Å². The van der Waals surface area contributed by atoms with E-state index in [9.17, 15) is 4.79 Å². The summed E-state index contributed by atoms with van der Waals surface area (Å²) in [5, 5.41) is 5.47. The zero-order chi connectivity index (χ0) is 14.0. The molecule has 1 aromatic carbocycles. The smallest absolute Gasteiger partial charge is 0.228 e. The van der Waals surface area contributed by atoms with Crippen LogP contribution in [0.25, 0.3) is 11.3 Å². The lowest BCUT2D eigenvalue weighted by atomic mass is 10.0. The van der Waals surface area contributed by atoms with Gasteiger partial charge < -0.3 is 5.32 Å². The Morgan fingerprint density at radius 2 is 2.05 bits per heavy atom. The maximum Gasteiger partial charge on any atom is 0.228 e. The van der Waals surface area contributed by atoms with Gasteiger partial charge in [-0.1, -0.05) is 37.6 Å². The van der Waals surface area contributed by atoms with Gasteiger partial charge in [0, 0.05) is 16.9 Å². The van der Waals surface area contributed by atoms with Crippen LogP contribution in [0.15, 0.2) is 23.6 Å². The molecule has 0 saturated heterocycles. The number of aromatic nitrogens is 1. The molecule has 19 heavy (non-hydrogen) atoms. The van der Waals surface area contributed by atoms with Crippen molar-refractivity contribution in [2.75, 3.05) is 5.32 Å². The van der Waals surface area contributed by atoms with E-state index >= 15 is 0 Å². The van der Waals surface area contributed by atoms with Crippen LogP contribution in [0, 0.1) is 19.8 Å². The van der Waals surface area contributed by atoms with Crippen LogP contribution in [0.5, 0.6) is 0 Å². The van der Waals surface area contributed by atoms with Gasteiger partial charge in [-0.3, -0.25) is 4.79 Å². The molecule has 0 aliphatic heterocycles. The van der Waals surface area contributed by atoms with Gasteiger partial charge in [-0.15, -0.1) is 11.3 Å². The molecule has 1 N–H and O–H groups in total. The van der Waals surface area contributed by atoms with Crippen LogP contribution in [0.4, 0.5) is 5.13 Å². The quantitative estimate of drug-likeness (QED) is 0.918. The Balaban J connectivity index is 2.23. The molecule has 1 heterocycles. The summed E-state index contributed by atoms with van der Waals surface area (Å²) in [7, 11) is 0. The maximum atomic E-state index is 11.6. The summed E-state index contributed by atoms with van der Waals surface area (Å²) in [5.41, 5.74) is 4.48. The minimum absolute atomic E-state index is 0.00141. The van der Waals surface area contributed by atoms with Crippen LogP contribution in [-0.4, -0.2) is 10.9 Å². The van der Waals surface area contributed by atoms with E-state index in [4.69, 9.17) is 0 Å². The van der Waals surface area contributed by atoms with E-state index < -0.39 is 0 Å². The van der Waals surface area contributed by atoms with E-state index in [1.165, 1.54) is 22.5 Å². The number of rotatable bonds is 3. The number of hydrogen-bond donors (Lipinski definition) is 1. The Bertz CT molecular complexity index is 602. The molecule has 100 valence electrons. The van der Waals surface area contributed by atoms with E-state index in [0.29, 0.717) is 5.13 Å². The molecule has 0 atom stereocenters. The van der Waals surface area contributed by atoms with Gasteiger partial charge in [-0.2, -0.15) is 0 Å². The molecule has 1 amide bonds. The van der Waals surface area contributed by atoms with Crippen molar-refractivity contribution in [2.45, 2.75) is 27.7 Å². The average molecular weight is 274 g/mol. The zero-order valence-corrected chi connectivity index (χ0v) is 12.5. The molecular formula is C15H18N2OS. The van der Waals surface area contributed by atoms with Crippen molar-refractivity contribution in [3.8, 4) is 11.3 Å². The number of hydrogen-bond acceptors (Lipinski definition) is 3. The number of carbonyl (C=O) groups excluding carboxylic acids is 1. The fourth-order valence-corrected chi connectivity index (χ4v) is 2.52. The van der Waals surface area contributed by atoms with Crippen LogP contribution >= 0.6 is 11.3 Å². The molecule has 0 aliphatic carbocycles. The molecule has 4 heteroatoms. The summed E-state index contributed by atoms with van der Waals surface area (Å²) in [6.07, 6.45) is 0. The molecular weight excluding hydrogens is 256 g/mol. The number of carbonyl (C=O) groups is 1. The first-order valence-electron chi connectivity index (χ1n) is 6.31. The lowest BCUT2D eigenvalue weighted by molar-refractivity contribution is -0.118. The topological polar surface area (TPSA) is 42.0 Å². The Hall–Kier alpha value is -1.68. The first kappa shape index (κ1) is 13.7. The predicted octanol–water partition coefficient (Wildman–Crippen LogP) is 4.02. The van der Waals surface area contributed by atoms with Crippen LogP contribution in [-0.2, 0) is 4.79 Å². The molecule has 0 unspecified atom stereocenters. The van der Waals surface area contributed by atoms with Crippen molar-refractivity contribution in [2.24, 2.45) is 5.92 Å². The minimum Gasteiger partial charge on any atom is -0.302 e. The van der Waals surface area contributed by atoms with Gasteiger partial charge in [0.15, 0.2) is 5.13 Å². The van der Waals surface area contributed by atoms with E-state index in [2.05, 4.69) is 42.3 Å². The number of aryl methyl sites for hydroxylation is 2. The van der Waals surface area contributed by atoms with Gasteiger partial charge in [0.2, 0.25) is 5.91 Å². The molecule has 2 aromatic rings. The van der Waals surface area contributed by atoms with Crippen LogP contribution < -0.4 is 5.32 Å². The SMILES string of the molecule is Cc1ccc(-c2csc(NC(=O)C(C)C)n2)c(C)c1. The van der Waals surface area contributed by atoms with E-state index in [-0.39, 0.29) is 11.8 Å². The molecule has 0 aliphatic rings. The molecule has 0 fully saturated rings. The monoisotopic (exact) mass is 274 g/mol. The third kappa shape index (κ3) is 3.20. The van der Waals surface area contributed by atoms with E-state index in [1.54, 1.807) is 0 Å². The molecule has 0 bridgehead atoms. The number of amides is 1. The highest BCUT2D eigenvalue weighted by atomic mass is 32.1. The Kier molecular flexibility index (Phi) is 4.00. The Morgan fingerprint density at radius 3 is 2.68 bits per heavy atom. The van der Waals surface area contributed by atoms with Gasteiger partial charge in [0.1, 0.15) is 0 Å². The summed E-state index contributed by atoms with van der Waals surface area (Å²) in [6, 6.07) is 6.29. The molecule has 0 radical (unpaired) electrons. The fourth-order valence-electron chi connectivity index (χ4n) is 1.81. The summed E-state index contributed by atoms with van der Waals surface area (Å²) in [4.78, 5) is 16.1. The van der Waals surface area contributed by atoms with E-state index in [0.717, 1.165) is 11.3 Å². The first-order valence-corrected chi connectivity index (χ1v) is 7.19. The molecule has 1 aromatic heterocycles. The Labute approximate surface area is 117 Å². The van der Waals surface area contributed by atoms with Gasteiger partial charge in [0.05, 0.1) is 5.69 Å². The number of nitrogens with one attached hydrogen (secondary N) is 1. The Morgan fingerprint density at radius 1 is 1.32 bits per heavy atom. The van der Waals surface area contributed by atoms with Crippen molar-refractivity contribution in [3.63, 3.8) is 0 Å². The van der Waals surface area contributed by atoms with Crippen LogP contribution in [0.3, 0.4) is 0 Å². The fraction of sp³-hybridized carbons (Fsp3) is 0.333. The molecule has 2 rings (SSSR count). The standard InChI is InChI=1S/C15H18N2OS/c1-9(2)14(18)17-15-16-13(8-19-15)12-6-5-10(3)7-11(12)4/h5-9H,1-4H3,(H,16,17,18). The highest BCUT2D eigenvalue weighted by molar-refractivity contribution is 7.14. The van der Waals surface area contributed by atoms with Gasteiger partial charge in [-0.25, -0.2) is 4.98 Å². The number of benzene rings is 1. The van der Waals surface area contributed by atoms with Crippen LogP contribution in [0.2, 0.25) is 0 Å². The summed E-state index contributed by atoms with van der Waals surface area (Å²) in [5.74, 6) is -0.0324. The maximum absolute atomic E-state index is 11.6. The van der Waals surface area contributed by atoms with Gasteiger partial charge in [-0.05, 0) is 19.4 Å². The zero-order valence-electron chi connectivity index (χ0n) is 11.7. The van der Waals surface area contributed by atoms with Crippen molar-refractivity contribution in [1.29, 1.82) is 0 Å². The van der Waals surface area contributed by atoms with Crippen molar-refractivity contribution >= 4 is 22.4 Å². The summed E-state index contributed by atoms with van der Waals surface area (Å²) >= 11 is 1.46. The highest BCUT2D eigenvalue weighted by Crippen LogP contribution is 2.28. The molecule has 3 nitrogen and oxygen atoms in total. The first-order chi connectivity index (χ1) is 8.97. The van der Waals surface area contributed by atoms with Gasteiger partial charge >= 0.3 is 0 Å². The van der Waals surface area contributed by atoms with E-state index in [1.807, 2.05) is 19.2 Å². The predicted molar refractivity (Wildman–Crippen MR) is 80.5 cm³/mol. The average Bonchev–Trinajstić information content (AvgIpc) is 2.77. The molecule has 0 saturated carbocycles. The number of nitrogens with zero attached hydrogens (tertiary/aromatic N) is 1. The second-order valence-corrected chi connectivity index (χ2v) is 5.86. The number of thiazole rings is 1. The summed E-state index contributed by atoms with van der Waals surface area (Å²) < 4.78 is 0. The normalized spacial score (nSPS) is 10.8. The third-order valence-electron chi connectivity index (χ3n) is 2.92. The lowest BCUT2D eigenvalue weighted by Gasteiger charge is -2.05. The van der Waals surface area contributed by atoms with Crippen molar-refractivity contribution in [3.05, 3.63) is 34.7 Å². The van der Waals surface area contributed by atoms with Gasteiger partial charge in [0.25, 0.3) is 0 Å². The lowest BCUT2D eigenvalue weighted by Crippen LogP contribution is -2.17. The number of anilines is 1. The second-order valence-electron chi connectivity index (χ2n) is 5.00. The second kappa shape index (κ2) is 5.53. The third-order valence-corrected chi connectivity index (χ3v) is 3.67. The molecule has 0 spiro atoms. The largest absolute Gasteiger partial charge is 0.302 e. The van der Waals surface area contributed by atoms with Crippen molar-refractivity contribution in [1.82, 2.24) is 4.98 Å². The summed E-state index contributed by atoms with van der Waals surface area (Å²) in [6.45, 7) is 7.89.